The van der Waals surface area contributed by atoms with Crippen molar-refractivity contribution in [3.8, 4) is 5.63 Å². The van der Waals surface area contributed by atoms with Crippen LogP contribution in [0.25, 0.3) is 0 Å². The first-order valence-electron chi connectivity index (χ1n) is 3.51. The Morgan fingerprint density at radius 3 is 2.75 bits per heavy atom. The second kappa shape index (κ2) is 4.97. The predicted octanol–water partition coefficient (Wildman–Crippen LogP) is 1.71. The molecule has 0 saturated heterocycles. The van der Waals surface area contributed by atoms with Crippen molar-refractivity contribution in [1.29, 1.82) is 0 Å². The molecule has 0 fully saturated rings. The van der Waals surface area contributed by atoms with Gasteiger partial charge in [-0.3, -0.25) is 0 Å². The molecule has 1 amide bonds. The Morgan fingerprint density at radius 1 is 1.75 bits per heavy atom. The predicted molar refractivity (Wildman–Crippen MR) is 48.5 cm³/mol. The molecule has 0 aliphatic heterocycles. The molecule has 0 spiro atoms. The van der Waals surface area contributed by atoms with Crippen LogP contribution >= 0.6 is 7.92 Å². The molecule has 0 atom stereocenters. The summed E-state index contributed by atoms with van der Waals surface area (Å²) in [7, 11) is -0.131. The van der Waals surface area contributed by atoms with Gasteiger partial charge < -0.3 is 0 Å². The zero-order valence-corrected chi connectivity index (χ0v) is 8.15. The standard InChI is InChI=1S/C8H12NO2P/c1-4-7(10)9-8(2,3)5-6-12-11/h4H,1,5H2,2-3H3,(H,9,10). The van der Waals surface area contributed by atoms with Crippen molar-refractivity contribution in [2.75, 3.05) is 0 Å². The van der Waals surface area contributed by atoms with E-state index in [-0.39, 0.29) is 13.8 Å². The van der Waals surface area contributed by atoms with E-state index < -0.39 is 5.54 Å². The molecule has 0 radical (unpaired) electrons. The molecule has 66 valence electrons. The number of amides is 1. The Balaban J connectivity index is 4.17. The SMILES string of the molecule is C=CC(=O)NC(C)(C)CC#P=O. The van der Waals surface area contributed by atoms with Crippen LogP contribution in [0.3, 0.4) is 0 Å². The van der Waals surface area contributed by atoms with Crippen LogP contribution < -0.4 is 5.32 Å². The average molecular weight is 185 g/mol. The fourth-order valence-corrected chi connectivity index (χ4v) is 1.12. The van der Waals surface area contributed by atoms with Crippen LogP contribution in [0.4, 0.5) is 0 Å². The summed E-state index contributed by atoms with van der Waals surface area (Å²) in [6.07, 6.45) is 1.65. The Kier molecular flexibility index (Phi) is 4.65. The molecule has 0 aromatic carbocycles. The molecular weight excluding hydrogens is 173 g/mol. The Hall–Kier alpha value is -0.780. The zero-order valence-electron chi connectivity index (χ0n) is 7.26. The van der Waals surface area contributed by atoms with E-state index in [0.29, 0.717) is 6.42 Å². The third-order valence-corrected chi connectivity index (χ3v) is 1.52. The Bertz CT molecular complexity index is 276. The van der Waals surface area contributed by atoms with Crippen LogP contribution in [-0.4, -0.2) is 11.4 Å². The normalized spacial score (nSPS) is 9.83. The fraction of sp³-hybridized carbons (Fsp3) is 0.500. The molecule has 3 nitrogen and oxygen atoms in total. The quantitative estimate of drug-likeness (QED) is 0.537. The van der Waals surface area contributed by atoms with Gasteiger partial charge in [-0.05, 0) is 0 Å². The van der Waals surface area contributed by atoms with Crippen molar-refractivity contribution in [2.45, 2.75) is 25.8 Å². The van der Waals surface area contributed by atoms with Gasteiger partial charge >= 0.3 is 72.6 Å². The van der Waals surface area contributed by atoms with Gasteiger partial charge in [0.25, 0.3) is 0 Å². The summed E-state index contributed by atoms with van der Waals surface area (Å²) in [5.41, 5.74) is 2.17. The Morgan fingerprint density at radius 2 is 2.33 bits per heavy atom. The molecule has 0 bridgehead atoms. The monoisotopic (exact) mass is 185 g/mol. The number of rotatable bonds is 3. The van der Waals surface area contributed by atoms with Crippen molar-refractivity contribution in [3.63, 3.8) is 0 Å². The zero-order chi connectivity index (χ0) is 9.61. The minimum absolute atomic E-state index is 0.131. The third-order valence-electron chi connectivity index (χ3n) is 1.23. The van der Waals surface area contributed by atoms with Gasteiger partial charge in [0.2, 0.25) is 0 Å². The third kappa shape index (κ3) is 4.95. The average Bonchev–Trinajstić information content (AvgIpc) is 2.00. The first kappa shape index (κ1) is 11.2. The molecule has 0 saturated carbocycles. The van der Waals surface area contributed by atoms with E-state index in [4.69, 9.17) is 0 Å². The Labute approximate surface area is 73.4 Å². The molecule has 0 rings (SSSR count). The number of hydrogen-bond donors (Lipinski definition) is 1. The fourth-order valence-electron chi connectivity index (χ4n) is 0.659. The van der Waals surface area contributed by atoms with Crippen molar-refractivity contribution in [3.05, 3.63) is 12.7 Å². The molecule has 0 aliphatic carbocycles. The molecule has 0 aromatic heterocycles. The van der Waals surface area contributed by atoms with Crippen LogP contribution in [0.15, 0.2) is 12.7 Å². The minimum atomic E-state index is -0.414. The van der Waals surface area contributed by atoms with E-state index in [1.54, 1.807) is 0 Å². The van der Waals surface area contributed by atoms with Crippen LogP contribution in [0.2, 0.25) is 0 Å². The van der Waals surface area contributed by atoms with Crippen LogP contribution in [0.1, 0.15) is 20.3 Å². The van der Waals surface area contributed by atoms with E-state index in [1.807, 2.05) is 13.8 Å². The van der Waals surface area contributed by atoms with Gasteiger partial charge in [0.05, 0.1) is 0 Å². The maximum absolute atomic E-state index is 10.9. The van der Waals surface area contributed by atoms with Crippen molar-refractivity contribution in [2.24, 2.45) is 0 Å². The van der Waals surface area contributed by atoms with Crippen molar-refractivity contribution >= 4 is 13.8 Å². The summed E-state index contributed by atoms with van der Waals surface area (Å²) in [5.74, 6) is -0.232. The summed E-state index contributed by atoms with van der Waals surface area (Å²) >= 11 is 0. The van der Waals surface area contributed by atoms with Crippen molar-refractivity contribution in [1.82, 2.24) is 5.32 Å². The van der Waals surface area contributed by atoms with E-state index in [0.717, 1.165) is 0 Å². The molecule has 4 heteroatoms. The van der Waals surface area contributed by atoms with Gasteiger partial charge in [0, 0.05) is 0 Å². The van der Waals surface area contributed by atoms with E-state index in [1.165, 1.54) is 6.08 Å². The number of hydrogen-bond acceptors (Lipinski definition) is 2. The molecule has 0 aromatic rings. The van der Waals surface area contributed by atoms with Gasteiger partial charge in [-0.1, -0.05) is 0 Å². The number of carbonyl (C=O) groups excluding carboxylic acids is 1. The topological polar surface area (TPSA) is 46.2 Å². The summed E-state index contributed by atoms with van der Waals surface area (Å²) in [5, 5.41) is 2.68. The van der Waals surface area contributed by atoms with Crippen LogP contribution in [-0.2, 0) is 9.36 Å². The summed E-state index contributed by atoms with van der Waals surface area (Å²) in [6, 6.07) is 0. The summed E-state index contributed by atoms with van der Waals surface area (Å²) in [4.78, 5) is 10.9. The van der Waals surface area contributed by atoms with Gasteiger partial charge in [0.15, 0.2) is 0 Å². The van der Waals surface area contributed by atoms with Gasteiger partial charge in [-0.2, -0.15) is 0 Å². The molecular formula is C8H12NO2P. The molecule has 0 heterocycles. The first-order chi connectivity index (χ1) is 5.52. The first-order valence-corrected chi connectivity index (χ1v) is 4.33. The molecule has 1 N–H and O–H groups in total. The van der Waals surface area contributed by atoms with E-state index in [2.05, 4.69) is 17.5 Å². The molecule has 0 aliphatic rings. The van der Waals surface area contributed by atoms with Crippen molar-refractivity contribution < 1.29 is 9.36 Å². The van der Waals surface area contributed by atoms with E-state index in [9.17, 15) is 9.36 Å². The number of carbonyl (C=O) groups is 1. The van der Waals surface area contributed by atoms with E-state index >= 15 is 0 Å². The second-order valence-corrected chi connectivity index (χ2v) is 3.50. The van der Waals surface area contributed by atoms with Crippen LogP contribution in [0.5, 0.6) is 0 Å². The second-order valence-electron chi connectivity index (χ2n) is 3.00. The van der Waals surface area contributed by atoms with Crippen LogP contribution in [0, 0.1) is 5.63 Å². The summed E-state index contributed by atoms with van der Waals surface area (Å²) < 4.78 is 10.1. The summed E-state index contributed by atoms with van der Waals surface area (Å²) in [6.45, 7) is 6.98. The number of nitrogens with one attached hydrogen (secondary N) is 1. The molecule has 0 unspecified atom stereocenters. The maximum atomic E-state index is 10.9. The van der Waals surface area contributed by atoms with Gasteiger partial charge in [-0.15, -0.1) is 0 Å². The molecule has 12 heavy (non-hydrogen) atoms. The van der Waals surface area contributed by atoms with Gasteiger partial charge in [-0.25, -0.2) is 0 Å². The van der Waals surface area contributed by atoms with Gasteiger partial charge in [0.1, 0.15) is 0 Å².